The minimum atomic E-state index is -0.308. The molecular weight excluding hydrogens is 447 g/mol. The second-order valence-electron chi connectivity index (χ2n) is 8.85. The molecule has 0 saturated heterocycles. The van der Waals surface area contributed by atoms with E-state index in [1.165, 1.54) is 17.7 Å². The van der Waals surface area contributed by atoms with Gasteiger partial charge < -0.3 is 14.8 Å². The molecule has 1 N–H and O–H groups in total. The summed E-state index contributed by atoms with van der Waals surface area (Å²) >= 11 is 0. The Labute approximate surface area is 205 Å². The maximum absolute atomic E-state index is 13.1. The quantitative estimate of drug-likeness (QED) is 0.352. The summed E-state index contributed by atoms with van der Waals surface area (Å²) in [6.07, 6.45) is 6.43. The van der Waals surface area contributed by atoms with E-state index in [1.54, 1.807) is 30.1 Å². The highest BCUT2D eigenvalue weighted by atomic mass is 19.1. The molecule has 0 radical (unpaired) electrons. The van der Waals surface area contributed by atoms with Gasteiger partial charge in [-0.3, -0.25) is 4.79 Å². The number of hydrogen-bond donors (Lipinski definition) is 1. The molecule has 0 aliphatic rings. The average Bonchev–Trinajstić information content (AvgIpc) is 3.31. The van der Waals surface area contributed by atoms with Gasteiger partial charge in [-0.05, 0) is 74.6 Å². The van der Waals surface area contributed by atoms with E-state index >= 15 is 0 Å². The van der Waals surface area contributed by atoms with Crippen molar-refractivity contribution in [3.63, 3.8) is 0 Å². The molecule has 0 aliphatic carbocycles. The van der Waals surface area contributed by atoms with Crippen molar-refractivity contribution in [2.45, 2.75) is 53.2 Å². The molecule has 35 heavy (non-hydrogen) atoms. The van der Waals surface area contributed by atoms with Crippen LogP contribution < -0.4 is 14.8 Å². The number of halogens is 1. The lowest BCUT2D eigenvalue weighted by Gasteiger charge is -2.13. The van der Waals surface area contributed by atoms with Crippen molar-refractivity contribution in [2.24, 2.45) is 5.92 Å². The third-order valence-electron chi connectivity index (χ3n) is 5.47. The summed E-state index contributed by atoms with van der Waals surface area (Å²) in [5.74, 6) is 1.19. The number of aromatic nitrogens is 3. The number of methoxy groups -OCH3 is 1. The Morgan fingerprint density at radius 2 is 1.94 bits per heavy atom. The number of nitrogens with zero attached hydrogens (tertiary/aromatic N) is 3. The highest BCUT2D eigenvalue weighted by Crippen LogP contribution is 2.29. The summed E-state index contributed by atoms with van der Waals surface area (Å²) in [6.45, 7) is 6.89. The fraction of sp³-hybridized carbons (Fsp3) is 0.370. The van der Waals surface area contributed by atoms with Gasteiger partial charge in [0.05, 0.1) is 19.0 Å². The van der Waals surface area contributed by atoms with Gasteiger partial charge in [0, 0.05) is 13.0 Å². The second-order valence-corrected chi connectivity index (χ2v) is 8.85. The molecule has 0 saturated carbocycles. The van der Waals surface area contributed by atoms with Crippen LogP contribution in [0.4, 0.5) is 4.39 Å². The molecule has 1 atom stereocenters. The Morgan fingerprint density at radius 1 is 1.17 bits per heavy atom. The van der Waals surface area contributed by atoms with Crippen LogP contribution >= 0.6 is 0 Å². The first-order chi connectivity index (χ1) is 16.8. The minimum absolute atomic E-state index is 0.0400. The Hall–Kier alpha value is -3.68. The van der Waals surface area contributed by atoms with Crippen molar-refractivity contribution in [2.75, 3.05) is 7.11 Å². The van der Waals surface area contributed by atoms with Gasteiger partial charge in [-0.2, -0.15) is 0 Å². The maximum Gasteiger partial charge on any atom is 0.220 e. The fourth-order valence-electron chi connectivity index (χ4n) is 3.53. The Morgan fingerprint density at radius 3 is 2.66 bits per heavy atom. The van der Waals surface area contributed by atoms with E-state index in [9.17, 15) is 9.18 Å². The largest absolute Gasteiger partial charge is 0.493 e. The van der Waals surface area contributed by atoms with Crippen LogP contribution in [0.15, 0.2) is 60.3 Å². The molecule has 0 bridgehead atoms. The van der Waals surface area contributed by atoms with Gasteiger partial charge in [-0.25, -0.2) is 9.07 Å². The zero-order chi connectivity index (χ0) is 25.2. The van der Waals surface area contributed by atoms with E-state index in [4.69, 9.17) is 9.47 Å². The lowest BCUT2D eigenvalue weighted by molar-refractivity contribution is -0.122. The Balaban J connectivity index is 1.50. The minimum Gasteiger partial charge on any atom is -0.493 e. The standard InChI is InChI=1S/C27H33FN4O3/c1-19(2)6-5-7-20(3)14-27(33)29-16-21-8-13-25(26(15-21)34-4)35-18-23-17-32(31-30-23)24-11-9-22(28)10-12-24/h6,8-13,15,17,20H,5,7,14,16,18H2,1-4H3,(H,29,33)/t20-/m1/s1. The van der Waals surface area contributed by atoms with Gasteiger partial charge >= 0.3 is 0 Å². The topological polar surface area (TPSA) is 78.3 Å². The van der Waals surface area contributed by atoms with Crippen LogP contribution in [0.25, 0.3) is 5.69 Å². The molecule has 7 nitrogen and oxygen atoms in total. The molecule has 3 aromatic rings. The van der Waals surface area contributed by atoms with E-state index in [0.717, 1.165) is 18.4 Å². The fourth-order valence-corrected chi connectivity index (χ4v) is 3.53. The highest BCUT2D eigenvalue weighted by molar-refractivity contribution is 5.76. The highest BCUT2D eigenvalue weighted by Gasteiger charge is 2.11. The number of allylic oxidation sites excluding steroid dienone is 2. The summed E-state index contributed by atoms with van der Waals surface area (Å²) in [6, 6.07) is 11.5. The van der Waals surface area contributed by atoms with Crippen LogP contribution in [0.5, 0.6) is 11.5 Å². The Bertz CT molecular complexity index is 1140. The predicted octanol–water partition coefficient (Wildman–Crippen LogP) is 5.38. The first-order valence-electron chi connectivity index (χ1n) is 11.7. The number of amides is 1. The number of nitrogens with one attached hydrogen (secondary N) is 1. The number of carbonyl (C=O) groups is 1. The van der Waals surface area contributed by atoms with Gasteiger partial charge in [-0.15, -0.1) is 5.10 Å². The average molecular weight is 481 g/mol. The third kappa shape index (κ3) is 8.24. The van der Waals surface area contributed by atoms with Crippen molar-refractivity contribution < 1.29 is 18.7 Å². The molecule has 1 amide bonds. The van der Waals surface area contributed by atoms with Crippen LogP contribution in [0, 0.1) is 11.7 Å². The van der Waals surface area contributed by atoms with Crippen molar-refractivity contribution in [1.29, 1.82) is 0 Å². The van der Waals surface area contributed by atoms with E-state index in [1.807, 2.05) is 18.2 Å². The number of carbonyl (C=O) groups excluding carboxylic acids is 1. The predicted molar refractivity (Wildman–Crippen MR) is 133 cm³/mol. The van der Waals surface area contributed by atoms with Gasteiger partial charge in [0.25, 0.3) is 0 Å². The van der Waals surface area contributed by atoms with Crippen molar-refractivity contribution >= 4 is 5.91 Å². The first-order valence-corrected chi connectivity index (χ1v) is 11.7. The zero-order valence-electron chi connectivity index (χ0n) is 20.8. The van der Waals surface area contributed by atoms with Crippen LogP contribution in [0.1, 0.15) is 51.3 Å². The van der Waals surface area contributed by atoms with E-state index in [2.05, 4.69) is 42.5 Å². The van der Waals surface area contributed by atoms with E-state index in [-0.39, 0.29) is 18.3 Å². The molecule has 1 aromatic heterocycles. The molecule has 0 aliphatic heterocycles. The number of ether oxygens (including phenoxy) is 2. The van der Waals surface area contributed by atoms with Crippen LogP contribution in [0.2, 0.25) is 0 Å². The monoisotopic (exact) mass is 480 g/mol. The van der Waals surface area contributed by atoms with Gasteiger partial charge in [0.15, 0.2) is 11.5 Å². The number of rotatable bonds is 12. The molecule has 0 spiro atoms. The van der Waals surface area contributed by atoms with Crippen molar-refractivity contribution in [3.05, 3.63) is 77.4 Å². The molecule has 1 heterocycles. The molecular formula is C27H33FN4O3. The third-order valence-corrected chi connectivity index (χ3v) is 5.47. The van der Waals surface area contributed by atoms with Gasteiger partial charge in [0.2, 0.25) is 5.91 Å². The smallest absolute Gasteiger partial charge is 0.220 e. The first kappa shape index (κ1) is 25.9. The molecule has 0 fully saturated rings. The lowest BCUT2D eigenvalue weighted by Crippen LogP contribution is -2.24. The lowest BCUT2D eigenvalue weighted by atomic mass is 10.0. The van der Waals surface area contributed by atoms with Gasteiger partial charge in [0.1, 0.15) is 18.1 Å². The Kier molecular flexibility index (Phi) is 9.40. The number of benzene rings is 2. The molecule has 3 rings (SSSR count). The molecule has 0 unspecified atom stereocenters. The van der Waals surface area contributed by atoms with Crippen LogP contribution in [0.3, 0.4) is 0 Å². The van der Waals surface area contributed by atoms with E-state index < -0.39 is 0 Å². The second kappa shape index (κ2) is 12.7. The molecule has 186 valence electrons. The summed E-state index contributed by atoms with van der Waals surface area (Å²) in [7, 11) is 1.57. The van der Waals surface area contributed by atoms with Crippen molar-refractivity contribution in [3.8, 4) is 17.2 Å². The summed E-state index contributed by atoms with van der Waals surface area (Å²) in [5.41, 5.74) is 3.55. The number of hydrogen-bond acceptors (Lipinski definition) is 5. The summed E-state index contributed by atoms with van der Waals surface area (Å²) < 4.78 is 26.0. The SMILES string of the molecule is COc1cc(CNC(=O)C[C@H](C)CCC=C(C)C)ccc1OCc1cn(-c2ccc(F)cc2)nn1. The summed E-state index contributed by atoms with van der Waals surface area (Å²) in [4.78, 5) is 12.3. The van der Waals surface area contributed by atoms with Crippen LogP contribution in [-0.2, 0) is 17.9 Å². The van der Waals surface area contributed by atoms with E-state index in [0.29, 0.717) is 41.8 Å². The zero-order valence-corrected chi connectivity index (χ0v) is 20.8. The van der Waals surface area contributed by atoms with Crippen molar-refractivity contribution in [1.82, 2.24) is 20.3 Å². The summed E-state index contributed by atoms with van der Waals surface area (Å²) in [5, 5.41) is 11.1. The molecule has 8 heteroatoms. The molecule has 2 aromatic carbocycles. The van der Waals surface area contributed by atoms with Crippen LogP contribution in [-0.4, -0.2) is 28.0 Å². The van der Waals surface area contributed by atoms with Gasteiger partial charge in [-0.1, -0.05) is 29.9 Å². The normalized spacial score (nSPS) is 11.6. The maximum atomic E-state index is 13.1.